The van der Waals surface area contributed by atoms with Gasteiger partial charge in [0.2, 0.25) is 0 Å². The van der Waals surface area contributed by atoms with Gasteiger partial charge in [0.1, 0.15) is 10.0 Å². The third-order valence-electron chi connectivity index (χ3n) is 3.46. The number of aromatic carboxylic acids is 1. The summed E-state index contributed by atoms with van der Waals surface area (Å²) < 4.78 is 38.4. The van der Waals surface area contributed by atoms with Crippen LogP contribution in [-0.4, -0.2) is 21.3 Å². The number of halogens is 3. The molecule has 0 saturated heterocycles. The second-order valence-electron chi connectivity index (χ2n) is 5.26. The Kier molecular flexibility index (Phi) is 4.54. The molecule has 1 N–H and O–H groups in total. The lowest BCUT2D eigenvalue weighted by Gasteiger charge is -2.06. The van der Waals surface area contributed by atoms with Crippen molar-refractivity contribution in [1.82, 2.24) is 10.2 Å². The van der Waals surface area contributed by atoms with Gasteiger partial charge in [-0.15, -0.1) is 10.2 Å². The number of alkyl halides is 3. The van der Waals surface area contributed by atoms with E-state index in [1.807, 2.05) is 0 Å². The lowest BCUT2D eigenvalue weighted by molar-refractivity contribution is -0.137. The number of nitrogens with zero attached hydrogens (tertiary/aromatic N) is 2. The predicted molar refractivity (Wildman–Crippen MR) is 86.6 cm³/mol. The number of rotatable bonds is 4. The van der Waals surface area contributed by atoms with E-state index in [0.29, 0.717) is 22.0 Å². The van der Waals surface area contributed by atoms with Crippen LogP contribution in [0.15, 0.2) is 48.5 Å². The number of benzene rings is 2. The summed E-state index contributed by atoms with van der Waals surface area (Å²) in [4.78, 5) is 10.8. The van der Waals surface area contributed by atoms with E-state index in [0.717, 1.165) is 17.7 Å². The summed E-state index contributed by atoms with van der Waals surface area (Å²) in [6, 6.07) is 11.3. The van der Waals surface area contributed by atoms with Crippen molar-refractivity contribution in [2.45, 2.75) is 12.6 Å². The topological polar surface area (TPSA) is 63.1 Å². The van der Waals surface area contributed by atoms with Crippen LogP contribution in [0.3, 0.4) is 0 Å². The smallest absolute Gasteiger partial charge is 0.416 e. The van der Waals surface area contributed by atoms with Gasteiger partial charge in [-0.05, 0) is 29.8 Å². The number of aromatic nitrogens is 2. The van der Waals surface area contributed by atoms with Crippen molar-refractivity contribution in [3.05, 3.63) is 70.2 Å². The fourth-order valence-electron chi connectivity index (χ4n) is 2.21. The van der Waals surface area contributed by atoms with Crippen LogP contribution in [0.5, 0.6) is 0 Å². The molecule has 1 heterocycles. The molecule has 25 heavy (non-hydrogen) atoms. The second kappa shape index (κ2) is 6.64. The van der Waals surface area contributed by atoms with Gasteiger partial charge in [-0.2, -0.15) is 13.2 Å². The van der Waals surface area contributed by atoms with Gasteiger partial charge < -0.3 is 5.11 Å². The molecule has 0 spiro atoms. The average Bonchev–Trinajstić information content (AvgIpc) is 3.03. The van der Waals surface area contributed by atoms with Crippen molar-refractivity contribution in [3.63, 3.8) is 0 Å². The van der Waals surface area contributed by atoms with Gasteiger partial charge in [0.15, 0.2) is 0 Å². The molecule has 0 atom stereocenters. The van der Waals surface area contributed by atoms with E-state index in [1.54, 1.807) is 18.2 Å². The first-order valence-corrected chi connectivity index (χ1v) is 7.97. The summed E-state index contributed by atoms with van der Waals surface area (Å²) in [5.41, 5.74) is 0.660. The molecule has 0 aliphatic rings. The van der Waals surface area contributed by atoms with Gasteiger partial charge >= 0.3 is 12.1 Å². The molecule has 0 bridgehead atoms. The average molecular weight is 364 g/mol. The largest absolute Gasteiger partial charge is 0.478 e. The van der Waals surface area contributed by atoms with Crippen molar-refractivity contribution in [1.29, 1.82) is 0 Å². The van der Waals surface area contributed by atoms with Gasteiger partial charge in [0.05, 0.1) is 11.1 Å². The first-order valence-electron chi connectivity index (χ1n) is 7.15. The Morgan fingerprint density at radius 2 is 1.80 bits per heavy atom. The van der Waals surface area contributed by atoms with Crippen LogP contribution in [0.1, 0.15) is 26.5 Å². The van der Waals surface area contributed by atoms with Crippen molar-refractivity contribution in [3.8, 4) is 10.6 Å². The van der Waals surface area contributed by atoms with Crippen molar-refractivity contribution >= 4 is 17.3 Å². The standard InChI is InChI=1S/C17H11F3N2O2S/c18-17(19,20)13-3-1-2-12(9-13)15-22-21-14(25-15)8-10-4-6-11(7-5-10)16(23)24/h1-7,9H,8H2,(H,23,24). The van der Waals surface area contributed by atoms with Gasteiger partial charge in [-0.3, -0.25) is 0 Å². The maximum atomic E-state index is 12.8. The molecule has 128 valence electrons. The highest BCUT2D eigenvalue weighted by molar-refractivity contribution is 7.14. The number of carboxylic acids is 1. The highest BCUT2D eigenvalue weighted by atomic mass is 32.1. The van der Waals surface area contributed by atoms with Gasteiger partial charge in [0.25, 0.3) is 0 Å². The molecule has 0 aliphatic heterocycles. The minimum Gasteiger partial charge on any atom is -0.478 e. The molecule has 0 fully saturated rings. The van der Waals surface area contributed by atoms with Crippen LogP contribution >= 0.6 is 11.3 Å². The van der Waals surface area contributed by atoms with E-state index in [-0.39, 0.29) is 5.56 Å². The molecule has 8 heteroatoms. The first kappa shape index (κ1) is 17.1. The summed E-state index contributed by atoms with van der Waals surface area (Å²) in [7, 11) is 0. The van der Waals surface area contributed by atoms with Gasteiger partial charge in [-0.1, -0.05) is 35.6 Å². The Balaban J connectivity index is 1.80. The monoisotopic (exact) mass is 364 g/mol. The summed E-state index contributed by atoms with van der Waals surface area (Å²) in [5, 5.41) is 17.9. The number of carboxylic acid groups (broad SMARTS) is 1. The maximum absolute atomic E-state index is 12.8. The third-order valence-corrected chi connectivity index (χ3v) is 4.43. The molecule has 3 aromatic rings. The molecule has 0 amide bonds. The Morgan fingerprint density at radius 1 is 1.08 bits per heavy atom. The maximum Gasteiger partial charge on any atom is 0.416 e. The molecule has 2 aromatic carbocycles. The number of carbonyl (C=O) groups is 1. The molecular weight excluding hydrogens is 353 g/mol. The molecule has 0 saturated carbocycles. The highest BCUT2D eigenvalue weighted by Crippen LogP contribution is 2.33. The summed E-state index contributed by atoms with van der Waals surface area (Å²) in [5.74, 6) is -1.01. The van der Waals surface area contributed by atoms with Crippen LogP contribution in [0, 0.1) is 0 Å². The third kappa shape index (κ3) is 4.03. The molecule has 3 rings (SSSR count). The van der Waals surface area contributed by atoms with Crippen molar-refractivity contribution in [2.24, 2.45) is 0 Å². The zero-order chi connectivity index (χ0) is 18.0. The molecular formula is C17H11F3N2O2S. The normalized spacial score (nSPS) is 11.5. The molecule has 0 radical (unpaired) electrons. The van der Waals surface area contributed by atoms with Crippen LogP contribution in [-0.2, 0) is 12.6 Å². The summed E-state index contributed by atoms with van der Waals surface area (Å²) in [6.07, 6.45) is -3.98. The number of hydrogen-bond donors (Lipinski definition) is 1. The summed E-state index contributed by atoms with van der Waals surface area (Å²) >= 11 is 1.20. The zero-order valence-electron chi connectivity index (χ0n) is 12.6. The summed E-state index contributed by atoms with van der Waals surface area (Å²) in [6.45, 7) is 0. The lowest BCUT2D eigenvalue weighted by Crippen LogP contribution is -2.04. The highest BCUT2D eigenvalue weighted by Gasteiger charge is 2.30. The first-order chi connectivity index (χ1) is 11.8. The molecule has 0 unspecified atom stereocenters. The molecule has 4 nitrogen and oxygen atoms in total. The van der Waals surface area contributed by atoms with Crippen molar-refractivity contribution in [2.75, 3.05) is 0 Å². The fraction of sp³-hybridized carbons (Fsp3) is 0.118. The van der Waals surface area contributed by atoms with Gasteiger partial charge in [0, 0.05) is 12.0 Å². The Morgan fingerprint density at radius 3 is 2.44 bits per heavy atom. The minimum atomic E-state index is -4.41. The van der Waals surface area contributed by atoms with Crippen LogP contribution < -0.4 is 0 Å². The predicted octanol–water partition coefficient (Wildman–Crippen LogP) is 4.51. The minimum absolute atomic E-state index is 0.186. The Hall–Kier alpha value is -2.74. The van der Waals surface area contributed by atoms with E-state index in [9.17, 15) is 18.0 Å². The molecule has 0 aliphatic carbocycles. The van der Waals surface area contributed by atoms with E-state index in [4.69, 9.17) is 5.11 Å². The van der Waals surface area contributed by atoms with E-state index in [1.165, 1.54) is 29.5 Å². The molecule has 1 aromatic heterocycles. The van der Waals surface area contributed by atoms with Gasteiger partial charge in [-0.25, -0.2) is 4.79 Å². The van der Waals surface area contributed by atoms with Crippen LogP contribution in [0.2, 0.25) is 0 Å². The fourth-order valence-corrected chi connectivity index (χ4v) is 3.08. The second-order valence-corrected chi connectivity index (χ2v) is 6.32. The van der Waals surface area contributed by atoms with Crippen LogP contribution in [0.25, 0.3) is 10.6 Å². The van der Waals surface area contributed by atoms with E-state index >= 15 is 0 Å². The van der Waals surface area contributed by atoms with E-state index < -0.39 is 17.7 Å². The van der Waals surface area contributed by atoms with Crippen LogP contribution in [0.4, 0.5) is 13.2 Å². The zero-order valence-corrected chi connectivity index (χ0v) is 13.4. The van der Waals surface area contributed by atoms with E-state index in [2.05, 4.69) is 10.2 Å². The lowest BCUT2D eigenvalue weighted by atomic mass is 10.1. The Bertz CT molecular complexity index is 905. The number of hydrogen-bond acceptors (Lipinski definition) is 4. The Labute approximate surface area is 144 Å². The quantitative estimate of drug-likeness (QED) is 0.740. The SMILES string of the molecule is O=C(O)c1ccc(Cc2nnc(-c3cccc(C(F)(F)F)c3)s2)cc1. The van der Waals surface area contributed by atoms with Crippen molar-refractivity contribution < 1.29 is 23.1 Å².